The van der Waals surface area contributed by atoms with Crippen LogP contribution in [0.15, 0.2) is 18.2 Å². The van der Waals surface area contributed by atoms with Gasteiger partial charge in [-0.05, 0) is 30.7 Å². The van der Waals surface area contributed by atoms with E-state index in [-0.39, 0.29) is 5.41 Å². The maximum atomic E-state index is 5.38. The van der Waals surface area contributed by atoms with Gasteiger partial charge >= 0.3 is 0 Å². The number of likely N-dealkylation sites (N-methyl/N-ethyl adjacent to an activating group) is 1. The molecule has 3 nitrogen and oxygen atoms in total. The number of ether oxygens (including phenoxy) is 2. The van der Waals surface area contributed by atoms with Crippen LogP contribution in [0.5, 0.6) is 11.5 Å². The van der Waals surface area contributed by atoms with E-state index in [9.17, 15) is 0 Å². The van der Waals surface area contributed by atoms with E-state index < -0.39 is 0 Å². The lowest BCUT2D eigenvalue weighted by Gasteiger charge is -2.34. The molecule has 1 N–H and O–H groups in total. The summed E-state index contributed by atoms with van der Waals surface area (Å²) in [6.07, 6.45) is 0. The van der Waals surface area contributed by atoms with Gasteiger partial charge in [-0.15, -0.1) is 0 Å². The quantitative estimate of drug-likeness (QED) is 0.843. The number of methoxy groups -OCH3 is 2. The van der Waals surface area contributed by atoms with Crippen LogP contribution < -0.4 is 14.8 Å². The number of rotatable bonds is 6. The maximum Gasteiger partial charge on any atom is 0.161 e. The van der Waals surface area contributed by atoms with E-state index in [2.05, 4.69) is 38.2 Å². The van der Waals surface area contributed by atoms with Crippen LogP contribution in [0.25, 0.3) is 0 Å². The van der Waals surface area contributed by atoms with E-state index >= 15 is 0 Å². The Morgan fingerprint density at radius 1 is 1.17 bits per heavy atom. The first-order valence-corrected chi connectivity index (χ1v) is 6.36. The third-order valence-corrected chi connectivity index (χ3v) is 3.86. The molecular weight excluding hydrogens is 226 g/mol. The molecule has 1 unspecified atom stereocenters. The van der Waals surface area contributed by atoms with Crippen LogP contribution >= 0.6 is 0 Å². The van der Waals surface area contributed by atoms with Crippen molar-refractivity contribution in [3.63, 3.8) is 0 Å². The molecule has 1 aromatic rings. The number of hydrogen-bond acceptors (Lipinski definition) is 3. The van der Waals surface area contributed by atoms with Crippen LogP contribution in [0.3, 0.4) is 0 Å². The molecule has 0 aliphatic heterocycles. The standard InChI is InChI=1S/C15H25NO2/c1-11(2)15(3,10-16-4)12-7-8-13(17-5)14(9-12)18-6/h7-9,11,16H,10H2,1-6H3. The Kier molecular flexibility index (Phi) is 5.03. The SMILES string of the molecule is CNCC(C)(c1ccc(OC)c(OC)c1)C(C)C. The Morgan fingerprint density at radius 2 is 1.78 bits per heavy atom. The van der Waals surface area contributed by atoms with Gasteiger partial charge in [-0.2, -0.15) is 0 Å². The summed E-state index contributed by atoms with van der Waals surface area (Å²) in [6.45, 7) is 7.69. The third kappa shape index (κ3) is 2.78. The minimum atomic E-state index is 0.0777. The first-order chi connectivity index (χ1) is 8.49. The third-order valence-electron chi connectivity index (χ3n) is 3.86. The van der Waals surface area contributed by atoms with E-state index in [1.54, 1.807) is 14.2 Å². The highest BCUT2D eigenvalue weighted by molar-refractivity contribution is 5.45. The minimum Gasteiger partial charge on any atom is -0.493 e. The first-order valence-electron chi connectivity index (χ1n) is 6.36. The summed E-state index contributed by atoms with van der Waals surface area (Å²) in [4.78, 5) is 0. The van der Waals surface area contributed by atoms with Gasteiger partial charge in [-0.25, -0.2) is 0 Å². The van der Waals surface area contributed by atoms with Crippen molar-refractivity contribution in [1.29, 1.82) is 0 Å². The molecule has 1 atom stereocenters. The minimum absolute atomic E-state index is 0.0777. The van der Waals surface area contributed by atoms with Gasteiger partial charge in [0.1, 0.15) is 0 Å². The van der Waals surface area contributed by atoms with Gasteiger partial charge in [0.15, 0.2) is 11.5 Å². The van der Waals surface area contributed by atoms with Crippen molar-refractivity contribution in [1.82, 2.24) is 5.32 Å². The van der Waals surface area contributed by atoms with E-state index in [0.717, 1.165) is 18.0 Å². The van der Waals surface area contributed by atoms with Crippen LogP contribution in [0.2, 0.25) is 0 Å². The molecule has 0 bridgehead atoms. The molecule has 0 saturated carbocycles. The second-order valence-electron chi connectivity index (χ2n) is 5.17. The Labute approximate surface area is 110 Å². The second-order valence-corrected chi connectivity index (χ2v) is 5.17. The molecule has 0 saturated heterocycles. The predicted octanol–water partition coefficient (Wildman–Crippen LogP) is 2.84. The van der Waals surface area contributed by atoms with Crippen molar-refractivity contribution >= 4 is 0 Å². The number of hydrogen-bond donors (Lipinski definition) is 1. The zero-order chi connectivity index (χ0) is 13.8. The molecule has 0 amide bonds. The topological polar surface area (TPSA) is 30.5 Å². The van der Waals surface area contributed by atoms with Crippen LogP contribution in [0, 0.1) is 5.92 Å². The van der Waals surface area contributed by atoms with Gasteiger partial charge in [-0.3, -0.25) is 0 Å². The highest BCUT2D eigenvalue weighted by Gasteiger charge is 2.30. The van der Waals surface area contributed by atoms with Crippen LogP contribution in [-0.4, -0.2) is 27.8 Å². The molecule has 18 heavy (non-hydrogen) atoms. The average molecular weight is 251 g/mol. The number of nitrogens with one attached hydrogen (secondary N) is 1. The highest BCUT2D eigenvalue weighted by Crippen LogP contribution is 2.36. The highest BCUT2D eigenvalue weighted by atomic mass is 16.5. The molecule has 1 rings (SSSR count). The van der Waals surface area contributed by atoms with Crippen molar-refractivity contribution < 1.29 is 9.47 Å². The van der Waals surface area contributed by atoms with Gasteiger partial charge in [0, 0.05) is 12.0 Å². The molecule has 1 aromatic carbocycles. The maximum absolute atomic E-state index is 5.38. The van der Waals surface area contributed by atoms with Crippen molar-refractivity contribution in [2.24, 2.45) is 5.92 Å². The lowest BCUT2D eigenvalue weighted by atomic mass is 9.73. The van der Waals surface area contributed by atoms with E-state index in [1.807, 2.05) is 13.1 Å². The van der Waals surface area contributed by atoms with E-state index in [4.69, 9.17) is 9.47 Å². The molecule has 0 heterocycles. The molecule has 0 aliphatic rings. The average Bonchev–Trinajstić information content (AvgIpc) is 2.37. The van der Waals surface area contributed by atoms with Crippen LogP contribution in [-0.2, 0) is 5.41 Å². The molecule has 0 spiro atoms. The predicted molar refractivity (Wildman–Crippen MR) is 75.7 cm³/mol. The zero-order valence-electron chi connectivity index (χ0n) is 12.3. The van der Waals surface area contributed by atoms with Crippen molar-refractivity contribution in [2.75, 3.05) is 27.8 Å². The summed E-state index contributed by atoms with van der Waals surface area (Å²) in [5.74, 6) is 2.10. The molecule has 0 radical (unpaired) electrons. The van der Waals surface area contributed by atoms with Crippen molar-refractivity contribution in [3.05, 3.63) is 23.8 Å². The summed E-state index contributed by atoms with van der Waals surface area (Å²) >= 11 is 0. The van der Waals surface area contributed by atoms with Crippen molar-refractivity contribution in [3.8, 4) is 11.5 Å². The summed E-state index contributed by atoms with van der Waals surface area (Å²) in [5.41, 5.74) is 1.35. The lowest BCUT2D eigenvalue weighted by molar-refractivity contribution is 0.321. The Hall–Kier alpha value is -1.22. The molecule has 0 aliphatic carbocycles. The largest absolute Gasteiger partial charge is 0.493 e. The van der Waals surface area contributed by atoms with Crippen molar-refractivity contribution in [2.45, 2.75) is 26.2 Å². The summed E-state index contributed by atoms with van der Waals surface area (Å²) < 4.78 is 10.7. The normalized spacial score (nSPS) is 14.4. The van der Waals surface area contributed by atoms with Gasteiger partial charge in [0.2, 0.25) is 0 Å². The molecule has 0 fully saturated rings. The zero-order valence-corrected chi connectivity index (χ0v) is 12.3. The first kappa shape index (κ1) is 14.8. The van der Waals surface area contributed by atoms with Gasteiger partial charge in [-0.1, -0.05) is 26.8 Å². The smallest absolute Gasteiger partial charge is 0.161 e. The summed E-state index contributed by atoms with van der Waals surface area (Å²) in [6, 6.07) is 6.18. The molecular formula is C15H25NO2. The fraction of sp³-hybridized carbons (Fsp3) is 0.600. The molecule has 3 heteroatoms. The van der Waals surface area contributed by atoms with Gasteiger partial charge < -0.3 is 14.8 Å². The molecule has 0 aromatic heterocycles. The molecule has 102 valence electrons. The van der Waals surface area contributed by atoms with Crippen LogP contribution in [0.1, 0.15) is 26.3 Å². The monoisotopic (exact) mass is 251 g/mol. The lowest BCUT2D eigenvalue weighted by Crippen LogP contribution is -2.38. The Bertz CT molecular complexity index is 390. The fourth-order valence-corrected chi connectivity index (χ4v) is 2.20. The number of benzene rings is 1. The Balaban J connectivity index is 3.21. The second kappa shape index (κ2) is 6.10. The van der Waals surface area contributed by atoms with E-state index in [1.165, 1.54) is 5.56 Å². The van der Waals surface area contributed by atoms with Gasteiger partial charge in [0.05, 0.1) is 14.2 Å². The Morgan fingerprint density at radius 3 is 2.22 bits per heavy atom. The summed E-state index contributed by atoms with van der Waals surface area (Å²) in [5, 5.41) is 3.28. The van der Waals surface area contributed by atoms with Gasteiger partial charge in [0.25, 0.3) is 0 Å². The summed E-state index contributed by atoms with van der Waals surface area (Å²) in [7, 11) is 5.32. The fourth-order valence-electron chi connectivity index (χ4n) is 2.20. The van der Waals surface area contributed by atoms with E-state index in [0.29, 0.717) is 5.92 Å². The van der Waals surface area contributed by atoms with Crippen LogP contribution in [0.4, 0.5) is 0 Å².